The van der Waals surface area contributed by atoms with Gasteiger partial charge in [-0.05, 0) is 50.6 Å². The Morgan fingerprint density at radius 2 is 1.82 bits per heavy atom. The van der Waals surface area contributed by atoms with Crippen LogP contribution in [0.1, 0.15) is 19.4 Å². The van der Waals surface area contributed by atoms with E-state index in [1.165, 1.54) is 11.8 Å². The van der Waals surface area contributed by atoms with Crippen LogP contribution in [0.3, 0.4) is 0 Å². The summed E-state index contributed by atoms with van der Waals surface area (Å²) < 4.78 is 10.9. The van der Waals surface area contributed by atoms with E-state index in [1.807, 2.05) is 25.1 Å². The summed E-state index contributed by atoms with van der Waals surface area (Å²) in [6.45, 7) is 4.83. The number of hydrogen-bond donors (Lipinski definition) is 1. The molecule has 0 unspecified atom stereocenters. The molecule has 2 atom stereocenters. The average molecular weight is 382 g/mol. The molecule has 28 heavy (non-hydrogen) atoms. The quantitative estimate of drug-likeness (QED) is 0.804. The summed E-state index contributed by atoms with van der Waals surface area (Å²) in [4.78, 5) is 38.3. The van der Waals surface area contributed by atoms with Gasteiger partial charge in [0, 0.05) is 0 Å². The number of carbonyl (C=O) groups is 3. The third-order valence-electron chi connectivity index (χ3n) is 4.31. The van der Waals surface area contributed by atoms with E-state index in [1.54, 1.807) is 37.3 Å². The number of aryl methyl sites for hydroxylation is 1. The van der Waals surface area contributed by atoms with Crippen LogP contribution in [0.4, 0.5) is 11.4 Å². The zero-order chi connectivity index (χ0) is 20.3. The van der Waals surface area contributed by atoms with Gasteiger partial charge < -0.3 is 14.8 Å². The summed E-state index contributed by atoms with van der Waals surface area (Å²) in [5.41, 5.74) is 2.12. The maximum Gasteiger partial charge on any atom is 0.347 e. The van der Waals surface area contributed by atoms with Gasteiger partial charge in [-0.1, -0.05) is 24.3 Å². The van der Waals surface area contributed by atoms with E-state index in [0.29, 0.717) is 17.1 Å². The van der Waals surface area contributed by atoms with Crippen molar-refractivity contribution in [3.63, 3.8) is 0 Å². The van der Waals surface area contributed by atoms with Gasteiger partial charge in [-0.15, -0.1) is 0 Å². The molecular formula is C21H22N2O5. The van der Waals surface area contributed by atoms with Gasteiger partial charge in [0.05, 0.1) is 11.4 Å². The molecule has 1 aliphatic heterocycles. The molecule has 2 amide bonds. The van der Waals surface area contributed by atoms with Crippen molar-refractivity contribution in [3.8, 4) is 5.75 Å². The van der Waals surface area contributed by atoms with Crippen LogP contribution in [0, 0.1) is 6.92 Å². The monoisotopic (exact) mass is 382 g/mol. The molecule has 0 fully saturated rings. The number of amides is 2. The molecule has 0 saturated heterocycles. The van der Waals surface area contributed by atoms with E-state index < -0.39 is 24.1 Å². The molecule has 2 aromatic carbocycles. The maximum absolute atomic E-state index is 12.8. The van der Waals surface area contributed by atoms with Crippen LogP contribution < -0.4 is 15.0 Å². The molecule has 7 nitrogen and oxygen atoms in total. The number of nitrogens with zero attached hydrogens (tertiary/aromatic N) is 1. The lowest BCUT2D eigenvalue weighted by atomic mass is 10.1. The molecule has 3 rings (SSSR count). The lowest BCUT2D eigenvalue weighted by Gasteiger charge is -2.31. The number of fused-ring (bicyclic) bond motifs is 1. The SMILES string of the molecule is Cc1cccc(O[C@@H](C)C(=O)O[C@H](C)C(=O)N2CC(=O)Nc3ccccc32)c1. The summed E-state index contributed by atoms with van der Waals surface area (Å²) in [5.74, 6) is -0.887. The van der Waals surface area contributed by atoms with Crippen molar-refractivity contribution in [1.29, 1.82) is 0 Å². The van der Waals surface area contributed by atoms with Crippen LogP contribution in [0.2, 0.25) is 0 Å². The van der Waals surface area contributed by atoms with Crippen molar-refractivity contribution in [2.45, 2.75) is 33.0 Å². The summed E-state index contributed by atoms with van der Waals surface area (Å²) in [6.07, 6.45) is -1.94. The Morgan fingerprint density at radius 1 is 1.07 bits per heavy atom. The lowest BCUT2D eigenvalue weighted by Crippen LogP contribution is -2.47. The van der Waals surface area contributed by atoms with Gasteiger partial charge in [0.2, 0.25) is 5.91 Å². The molecule has 1 heterocycles. The van der Waals surface area contributed by atoms with Gasteiger partial charge in [-0.2, -0.15) is 0 Å². The number of esters is 1. The van der Waals surface area contributed by atoms with Crippen LogP contribution in [0.25, 0.3) is 0 Å². The summed E-state index contributed by atoms with van der Waals surface area (Å²) >= 11 is 0. The van der Waals surface area contributed by atoms with Gasteiger partial charge in [0.1, 0.15) is 12.3 Å². The fourth-order valence-corrected chi connectivity index (χ4v) is 2.91. The first-order chi connectivity index (χ1) is 13.3. The second-order valence-electron chi connectivity index (χ2n) is 6.65. The second kappa shape index (κ2) is 8.12. The summed E-state index contributed by atoms with van der Waals surface area (Å²) in [6, 6.07) is 14.3. The number of anilines is 2. The average Bonchev–Trinajstić information content (AvgIpc) is 2.66. The molecule has 0 aromatic heterocycles. The predicted molar refractivity (Wildman–Crippen MR) is 104 cm³/mol. The first-order valence-corrected chi connectivity index (χ1v) is 8.99. The molecule has 0 radical (unpaired) electrons. The minimum atomic E-state index is -1.06. The van der Waals surface area contributed by atoms with Crippen molar-refractivity contribution in [2.24, 2.45) is 0 Å². The summed E-state index contributed by atoms with van der Waals surface area (Å²) in [7, 11) is 0. The number of para-hydroxylation sites is 2. The van der Waals surface area contributed by atoms with Gasteiger partial charge in [0.25, 0.3) is 5.91 Å². The molecule has 7 heteroatoms. The molecular weight excluding hydrogens is 360 g/mol. The van der Waals surface area contributed by atoms with Gasteiger partial charge in [-0.25, -0.2) is 4.79 Å². The smallest absolute Gasteiger partial charge is 0.347 e. The largest absolute Gasteiger partial charge is 0.479 e. The highest BCUT2D eigenvalue weighted by Crippen LogP contribution is 2.29. The van der Waals surface area contributed by atoms with Crippen LogP contribution in [0.5, 0.6) is 5.75 Å². The van der Waals surface area contributed by atoms with Crippen molar-refractivity contribution in [2.75, 3.05) is 16.8 Å². The maximum atomic E-state index is 12.8. The van der Waals surface area contributed by atoms with Gasteiger partial charge in [-0.3, -0.25) is 14.5 Å². The topological polar surface area (TPSA) is 84.9 Å². The van der Waals surface area contributed by atoms with Crippen molar-refractivity contribution < 1.29 is 23.9 Å². The number of benzene rings is 2. The minimum Gasteiger partial charge on any atom is -0.479 e. The van der Waals surface area contributed by atoms with Crippen molar-refractivity contribution in [1.82, 2.24) is 0 Å². The molecule has 0 saturated carbocycles. The van der Waals surface area contributed by atoms with Crippen LogP contribution >= 0.6 is 0 Å². The van der Waals surface area contributed by atoms with E-state index in [0.717, 1.165) is 5.56 Å². The molecule has 0 spiro atoms. The molecule has 1 N–H and O–H groups in total. The first-order valence-electron chi connectivity index (χ1n) is 8.99. The molecule has 146 valence electrons. The van der Waals surface area contributed by atoms with E-state index >= 15 is 0 Å². The predicted octanol–water partition coefficient (Wildman–Crippen LogP) is 2.68. The molecule has 0 aliphatic carbocycles. The highest BCUT2D eigenvalue weighted by Gasteiger charge is 2.32. The zero-order valence-electron chi connectivity index (χ0n) is 16.0. The first kappa shape index (κ1) is 19.4. The fraction of sp³-hybridized carbons (Fsp3) is 0.286. The van der Waals surface area contributed by atoms with E-state index in [4.69, 9.17) is 9.47 Å². The van der Waals surface area contributed by atoms with E-state index in [2.05, 4.69) is 5.32 Å². The third kappa shape index (κ3) is 4.31. The third-order valence-corrected chi connectivity index (χ3v) is 4.31. The van der Waals surface area contributed by atoms with Crippen LogP contribution in [-0.4, -0.2) is 36.5 Å². The lowest BCUT2D eigenvalue weighted by molar-refractivity contribution is -0.160. The summed E-state index contributed by atoms with van der Waals surface area (Å²) in [5, 5.41) is 2.71. The number of hydrogen-bond acceptors (Lipinski definition) is 5. The van der Waals surface area contributed by atoms with Crippen molar-refractivity contribution >= 4 is 29.2 Å². The Hall–Kier alpha value is -3.35. The Morgan fingerprint density at radius 3 is 2.57 bits per heavy atom. The van der Waals surface area contributed by atoms with Crippen LogP contribution in [-0.2, 0) is 19.1 Å². The Kier molecular flexibility index (Phi) is 5.63. The number of carbonyl (C=O) groups excluding carboxylic acids is 3. The van der Waals surface area contributed by atoms with Gasteiger partial charge >= 0.3 is 5.97 Å². The Balaban J connectivity index is 1.65. The Labute approximate surface area is 163 Å². The van der Waals surface area contributed by atoms with Crippen molar-refractivity contribution in [3.05, 3.63) is 54.1 Å². The number of rotatable bonds is 5. The van der Waals surface area contributed by atoms with E-state index in [9.17, 15) is 14.4 Å². The normalized spacial score (nSPS) is 15.1. The number of ether oxygens (including phenoxy) is 2. The standard InChI is InChI=1S/C21H22N2O5/c1-13-7-6-8-16(11-13)27-15(3)21(26)28-14(2)20(25)23-12-19(24)22-17-9-4-5-10-18(17)23/h4-11,14-15H,12H2,1-3H3,(H,22,24)/t14-,15+/m1/s1. The fourth-order valence-electron chi connectivity index (χ4n) is 2.91. The second-order valence-corrected chi connectivity index (χ2v) is 6.65. The minimum absolute atomic E-state index is 0.132. The molecule has 1 aliphatic rings. The zero-order valence-corrected chi connectivity index (χ0v) is 16.0. The van der Waals surface area contributed by atoms with Crippen LogP contribution in [0.15, 0.2) is 48.5 Å². The van der Waals surface area contributed by atoms with Gasteiger partial charge in [0.15, 0.2) is 12.2 Å². The molecule has 0 bridgehead atoms. The van der Waals surface area contributed by atoms with E-state index in [-0.39, 0.29) is 12.5 Å². The number of nitrogens with one attached hydrogen (secondary N) is 1. The molecule has 2 aromatic rings. The highest BCUT2D eigenvalue weighted by molar-refractivity contribution is 6.11. The Bertz CT molecular complexity index is 911. The highest BCUT2D eigenvalue weighted by atomic mass is 16.6.